The lowest BCUT2D eigenvalue weighted by molar-refractivity contribution is 0.766. The van der Waals surface area contributed by atoms with Crippen LogP contribution in [-0.2, 0) is 13.6 Å². The Morgan fingerprint density at radius 3 is 2.38 bits per heavy atom. The van der Waals surface area contributed by atoms with Gasteiger partial charge in [0.1, 0.15) is 0 Å². The molecule has 2 aromatic heterocycles. The summed E-state index contributed by atoms with van der Waals surface area (Å²) in [5.41, 5.74) is 14.5. The van der Waals surface area contributed by atoms with E-state index in [0.29, 0.717) is 6.54 Å². The summed E-state index contributed by atoms with van der Waals surface area (Å²) in [7, 11) is 3.43. The predicted octanol–water partition coefficient (Wildman–Crippen LogP) is 3.50. The van der Waals surface area contributed by atoms with E-state index in [0.717, 1.165) is 22.1 Å². The van der Waals surface area contributed by atoms with Gasteiger partial charge >= 0.3 is 0 Å². The molecular formula is C20H30N6. The standard InChI is InChI=1S/C9H11N3.C8H8N2.C2H6.CH5N/c1-12-9-5-3-2-4-7(9)8(6-10)11-12;1-6-3-2-4-7-5-9-10-8(6)7;2*1-2/h2-5H,6,10H2,1H3;2-5H,1H3,(H,9,10);1-2H3;2H2,1H3. The van der Waals surface area contributed by atoms with Crippen molar-refractivity contribution in [1.29, 1.82) is 0 Å². The number of rotatable bonds is 1. The Morgan fingerprint density at radius 1 is 1.04 bits per heavy atom. The van der Waals surface area contributed by atoms with Crippen LogP contribution < -0.4 is 11.5 Å². The van der Waals surface area contributed by atoms with Crippen LogP contribution in [0, 0.1) is 6.92 Å². The first-order valence-electron chi connectivity index (χ1n) is 8.78. The lowest BCUT2D eigenvalue weighted by atomic mass is 10.2. The molecule has 2 aromatic carbocycles. The molecule has 4 rings (SSSR count). The first-order valence-corrected chi connectivity index (χ1v) is 8.78. The average molecular weight is 355 g/mol. The molecule has 0 fully saturated rings. The molecule has 4 aromatic rings. The first-order chi connectivity index (χ1) is 12.7. The number of aromatic amines is 1. The van der Waals surface area contributed by atoms with Gasteiger partial charge in [-0.1, -0.05) is 50.2 Å². The Balaban J connectivity index is 0.000000221. The third kappa shape index (κ3) is 4.91. The van der Waals surface area contributed by atoms with Gasteiger partial charge in [-0.05, 0) is 25.6 Å². The van der Waals surface area contributed by atoms with Crippen LogP contribution in [0.3, 0.4) is 0 Å². The predicted molar refractivity (Wildman–Crippen MR) is 111 cm³/mol. The number of fused-ring (bicyclic) bond motifs is 2. The highest BCUT2D eigenvalue weighted by atomic mass is 15.3. The van der Waals surface area contributed by atoms with Gasteiger partial charge in [-0.3, -0.25) is 9.78 Å². The van der Waals surface area contributed by atoms with Crippen LogP contribution in [0.15, 0.2) is 48.7 Å². The van der Waals surface area contributed by atoms with Gasteiger partial charge < -0.3 is 11.5 Å². The van der Waals surface area contributed by atoms with Crippen molar-refractivity contribution in [3.05, 3.63) is 59.9 Å². The number of hydrogen-bond donors (Lipinski definition) is 3. The number of aromatic nitrogens is 4. The Labute approximate surface area is 155 Å². The van der Waals surface area contributed by atoms with Gasteiger partial charge in [-0.2, -0.15) is 10.2 Å². The summed E-state index contributed by atoms with van der Waals surface area (Å²) in [5, 5.41) is 13.5. The number of benzene rings is 2. The molecule has 0 spiro atoms. The maximum Gasteiger partial charge on any atom is 0.0838 e. The van der Waals surface area contributed by atoms with Gasteiger partial charge in [-0.15, -0.1) is 0 Å². The summed E-state index contributed by atoms with van der Waals surface area (Å²) >= 11 is 0. The number of nitrogens with one attached hydrogen (secondary N) is 1. The maximum absolute atomic E-state index is 5.55. The molecule has 0 amide bonds. The Kier molecular flexibility index (Phi) is 9.05. The molecule has 0 saturated heterocycles. The van der Waals surface area contributed by atoms with E-state index < -0.39 is 0 Å². The monoisotopic (exact) mass is 354 g/mol. The summed E-state index contributed by atoms with van der Waals surface area (Å²) in [5.74, 6) is 0. The molecular weight excluding hydrogens is 324 g/mol. The molecule has 0 aliphatic rings. The van der Waals surface area contributed by atoms with E-state index in [1.165, 1.54) is 18.0 Å². The minimum atomic E-state index is 0.501. The fourth-order valence-electron chi connectivity index (χ4n) is 2.56. The fourth-order valence-corrected chi connectivity index (χ4v) is 2.56. The van der Waals surface area contributed by atoms with E-state index in [-0.39, 0.29) is 0 Å². The molecule has 26 heavy (non-hydrogen) atoms. The van der Waals surface area contributed by atoms with Gasteiger partial charge in [0.25, 0.3) is 0 Å². The van der Waals surface area contributed by atoms with Crippen molar-refractivity contribution in [2.45, 2.75) is 27.3 Å². The Bertz CT molecular complexity index is 907. The van der Waals surface area contributed by atoms with Gasteiger partial charge in [0, 0.05) is 24.4 Å². The quantitative estimate of drug-likeness (QED) is 0.487. The molecule has 0 saturated carbocycles. The zero-order chi connectivity index (χ0) is 19.5. The van der Waals surface area contributed by atoms with Gasteiger partial charge in [-0.25, -0.2) is 0 Å². The van der Waals surface area contributed by atoms with Crippen LogP contribution in [0.25, 0.3) is 21.8 Å². The van der Waals surface area contributed by atoms with Crippen LogP contribution in [-0.4, -0.2) is 27.0 Å². The summed E-state index contributed by atoms with van der Waals surface area (Å²) < 4.78 is 1.86. The highest BCUT2D eigenvalue weighted by Crippen LogP contribution is 2.16. The highest BCUT2D eigenvalue weighted by molar-refractivity contribution is 5.82. The molecule has 140 valence electrons. The normalized spacial score (nSPS) is 9.50. The van der Waals surface area contributed by atoms with Crippen molar-refractivity contribution >= 4 is 21.8 Å². The van der Waals surface area contributed by atoms with Gasteiger partial charge in [0.2, 0.25) is 0 Å². The van der Waals surface area contributed by atoms with Crippen LogP contribution >= 0.6 is 0 Å². The van der Waals surface area contributed by atoms with Gasteiger partial charge in [0.15, 0.2) is 0 Å². The molecule has 0 bridgehead atoms. The molecule has 0 aliphatic carbocycles. The van der Waals surface area contributed by atoms with E-state index in [1.807, 2.05) is 68.2 Å². The summed E-state index contributed by atoms with van der Waals surface area (Å²) in [6.07, 6.45) is 1.84. The van der Waals surface area contributed by atoms with Crippen molar-refractivity contribution in [2.75, 3.05) is 7.05 Å². The molecule has 0 radical (unpaired) electrons. The van der Waals surface area contributed by atoms with Crippen molar-refractivity contribution in [1.82, 2.24) is 20.0 Å². The van der Waals surface area contributed by atoms with E-state index in [9.17, 15) is 0 Å². The largest absolute Gasteiger partial charge is 0.333 e. The van der Waals surface area contributed by atoms with Crippen molar-refractivity contribution in [2.24, 2.45) is 18.5 Å². The van der Waals surface area contributed by atoms with Crippen molar-refractivity contribution in [3.63, 3.8) is 0 Å². The van der Waals surface area contributed by atoms with Crippen molar-refractivity contribution < 1.29 is 0 Å². The molecule has 0 atom stereocenters. The first kappa shape index (κ1) is 21.3. The summed E-state index contributed by atoms with van der Waals surface area (Å²) in [4.78, 5) is 0. The average Bonchev–Trinajstić information content (AvgIpc) is 3.31. The molecule has 0 aliphatic heterocycles. The number of hydrogen-bond acceptors (Lipinski definition) is 4. The number of nitrogens with zero attached hydrogens (tertiary/aromatic N) is 3. The zero-order valence-electron chi connectivity index (χ0n) is 16.3. The minimum Gasteiger partial charge on any atom is -0.333 e. The topological polar surface area (TPSA) is 98.5 Å². The van der Waals surface area contributed by atoms with E-state index in [2.05, 4.69) is 34.0 Å². The second kappa shape index (κ2) is 11.0. The smallest absolute Gasteiger partial charge is 0.0838 e. The second-order valence-electron chi connectivity index (χ2n) is 5.20. The molecule has 6 nitrogen and oxygen atoms in total. The van der Waals surface area contributed by atoms with Crippen LogP contribution in [0.5, 0.6) is 0 Å². The van der Waals surface area contributed by atoms with E-state index in [4.69, 9.17) is 5.73 Å². The summed E-state index contributed by atoms with van der Waals surface area (Å²) in [6, 6.07) is 14.2. The maximum atomic E-state index is 5.55. The zero-order valence-corrected chi connectivity index (χ0v) is 16.3. The number of para-hydroxylation sites is 2. The third-order valence-electron chi connectivity index (χ3n) is 3.71. The van der Waals surface area contributed by atoms with E-state index >= 15 is 0 Å². The molecule has 6 heteroatoms. The van der Waals surface area contributed by atoms with Crippen LogP contribution in [0.4, 0.5) is 0 Å². The van der Waals surface area contributed by atoms with Crippen LogP contribution in [0.2, 0.25) is 0 Å². The number of aryl methyl sites for hydroxylation is 2. The Morgan fingerprint density at radius 2 is 1.73 bits per heavy atom. The van der Waals surface area contributed by atoms with Crippen molar-refractivity contribution in [3.8, 4) is 0 Å². The lowest BCUT2D eigenvalue weighted by Gasteiger charge is -1.90. The SMILES string of the molecule is CC.CN.Cc1cccc2cn[nH]c12.Cn1nc(CN)c2ccccc21. The number of H-pyrrole nitrogens is 1. The molecule has 5 N–H and O–H groups in total. The summed E-state index contributed by atoms with van der Waals surface area (Å²) in [6.45, 7) is 6.57. The fraction of sp³-hybridized carbons (Fsp3) is 0.300. The minimum absolute atomic E-state index is 0.501. The van der Waals surface area contributed by atoms with E-state index in [1.54, 1.807) is 0 Å². The van der Waals surface area contributed by atoms with Crippen LogP contribution in [0.1, 0.15) is 25.1 Å². The molecule has 2 heterocycles. The second-order valence-corrected chi connectivity index (χ2v) is 5.20. The molecule has 0 unspecified atom stereocenters. The third-order valence-corrected chi connectivity index (χ3v) is 3.71. The highest BCUT2D eigenvalue weighted by Gasteiger charge is 2.04. The Hall–Kier alpha value is -2.70. The number of nitrogens with two attached hydrogens (primary N) is 2. The lowest BCUT2D eigenvalue weighted by Crippen LogP contribution is -1.98. The van der Waals surface area contributed by atoms with Gasteiger partial charge in [0.05, 0.1) is 22.9 Å².